The molecule has 4 nitrogen and oxygen atoms in total. The van der Waals surface area contributed by atoms with Crippen LogP contribution in [-0.2, 0) is 6.18 Å². The van der Waals surface area contributed by atoms with E-state index >= 15 is 0 Å². The van der Waals surface area contributed by atoms with E-state index in [-0.39, 0.29) is 10.8 Å². The topological polar surface area (TPSA) is 50.4 Å². The van der Waals surface area contributed by atoms with Gasteiger partial charge in [-0.25, -0.2) is 0 Å². The van der Waals surface area contributed by atoms with E-state index in [2.05, 4.69) is 10.2 Å². The van der Waals surface area contributed by atoms with Crippen molar-refractivity contribution in [2.45, 2.75) is 23.6 Å². The van der Waals surface area contributed by atoms with E-state index in [1.807, 2.05) is 0 Å². The lowest BCUT2D eigenvalue weighted by molar-refractivity contribution is -0.195. The number of hydrogen-bond donors (Lipinski definition) is 1. The summed E-state index contributed by atoms with van der Waals surface area (Å²) in [5.41, 5.74) is -0.917. The third-order valence-electron chi connectivity index (χ3n) is 2.45. The smallest absolute Gasteiger partial charge is 0.383 e. The monoisotopic (exact) mass is 331 g/mol. The van der Waals surface area contributed by atoms with Crippen molar-refractivity contribution in [3.8, 4) is 0 Å². The molecule has 0 amide bonds. The third kappa shape index (κ3) is 3.59. The van der Waals surface area contributed by atoms with Crippen molar-refractivity contribution in [3.63, 3.8) is 0 Å². The van der Waals surface area contributed by atoms with Gasteiger partial charge in [-0.2, -0.15) is 26.3 Å². The minimum Gasteiger partial charge on any atom is -0.383 e. The van der Waals surface area contributed by atoms with Crippen LogP contribution in [-0.4, -0.2) is 37.7 Å². The van der Waals surface area contributed by atoms with Gasteiger partial charge in [-0.1, -0.05) is 11.8 Å². The highest BCUT2D eigenvalue weighted by Crippen LogP contribution is 2.31. The minimum atomic E-state index is -4.80. The van der Waals surface area contributed by atoms with Gasteiger partial charge in [0.15, 0.2) is 16.9 Å². The number of rotatable bonds is 3. The maximum Gasteiger partial charge on any atom is 0.417 e. The highest BCUT2D eigenvalue weighted by atomic mass is 32.2. The number of nitrogens with zero attached hydrogens (tertiary/aromatic N) is 3. The predicted molar refractivity (Wildman–Crippen MR) is 60.8 cm³/mol. The van der Waals surface area contributed by atoms with Crippen molar-refractivity contribution in [1.82, 2.24) is 14.6 Å². The molecule has 1 unspecified atom stereocenters. The standard InChI is InChI=1S/C10H7F6N3OS/c11-9(12,13)5-1-2-7-17-18-8(19(7)3-5)21-4-6(20)10(14,15)16/h1-3,6,20H,4H2. The number of hydrogen-bond acceptors (Lipinski definition) is 4. The molecule has 0 aliphatic carbocycles. The summed E-state index contributed by atoms with van der Waals surface area (Å²) < 4.78 is 75.1. The molecule has 2 heterocycles. The van der Waals surface area contributed by atoms with E-state index in [1.54, 1.807) is 0 Å². The van der Waals surface area contributed by atoms with Crippen molar-refractivity contribution in [2.24, 2.45) is 0 Å². The van der Waals surface area contributed by atoms with Crippen molar-refractivity contribution < 1.29 is 31.4 Å². The van der Waals surface area contributed by atoms with E-state index in [4.69, 9.17) is 5.11 Å². The zero-order valence-electron chi connectivity index (χ0n) is 9.98. The Morgan fingerprint density at radius 2 is 1.81 bits per heavy atom. The van der Waals surface area contributed by atoms with E-state index in [0.717, 1.165) is 16.5 Å². The van der Waals surface area contributed by atoms with Gasteiger partial charge in [0.1, 0.15) is 0 Å². The van der Waals surface area contributed by atoms with Gasteiger partial charge in [-0.3, -0.25) is 4.40 Å². The summed E-state index contributed by atoms with van der Waals surface area (Å²) in [4.78, 5) is 0. The van der Waals surface area contributed by atoms with Gasteiger partial charge >= 0.3 is 12.4 Å². The lowest BCUT2D eigenvalue weighted by Gasteiger charge is -2.13. The molecule has 0 aliphatic heterocycles. The molecular formula is C10H7F6N3OS. The number of pyridine rings is 1. The van der Waals surface area contributed by atoms with Gasteiger partial charge in [-0.15, -0.1) is 10.2 Å². The molecule has 2 aromatic rings. The lowest BCUT2D eigenvalue weighted by atomic mass is 10.3. The van der Waals surface area contributed by atoms with Crippen LogP contribution in [0.15, 0.2) is 23.5 Å². The maximum atomic E-state index is 12.6. The van der Waals surface area contributed by atoms with E-state index in [1.165, 1.54) is 0 Å². The summed E-state index contributed by atoms with van der Waals surface area (Å²) in [5.74, 6) is -0.791. The minimum absolute atomic E-state index is 0.0620. The van der Waals surface area contributed by atoms with Crippen LogP contribution in [0, 0.1) is 0 Å². The Bertz CT molecular complexity index is 638. The first-order valence-corrected chi connectivity index (χ1v) is 6.37. The molecule has 0 aliphatic rings. The Balaban J connectivity index is 2.25. The normalized spacial score (nSPS) is 14.6. The number of aromatic nitrogens is 3. The summed E-state index contributed by atoms with van der Waals surface area (Å²) in [6, 6.07) is 1.85. The first-order valence-electron chi connectivity index (χ1n) is 5.38. The Labute approximate surface area is 117 Å². The summed E-state index contributed by atoms with van der Waals surface area (Å²) in [6.07, 6.45) is -11.3. The average molecular weight is 331 g/mol. The van der Waals surface area contributed by atoms with E-state index in [0.29, 0.717) is 18.0 Å². The molecule has 21 heavy (non-hydrogen) atoms. The van der Waals surface area contributed by atoms with Crippen molar-refractivity contribution >= 4 is 17.4 Å². The average Bonchev–Trinajstić information content (AvgIpc) is 2.76. The number of thioether (sulfide) groups is 1. The molecule has 0 radical (unpaired) electrons. The molecule has 0 saturated carbocycles. The molecule has 116 valence electrons. The summed E-state index contributed by atoms with van der Waals surface area (Å²) in [7, 11) is 0. The molecular weight excluding hydrogens is 324 g/mol. The summed E-state index contributed by atoms with van der Waals surface area (Å²) in [5, 5.41) is 15.7. The molecule has 1 atom stereocenters. The van der Waals surface area contributed by atoms with E-state index < -0.39 is 29.8 Å². The van der Waals surface area contributed by atoms with Crippen LogP contribution >= 0.6 is 11.8 Å². The Morgan fingerprint density at radius 3 is 2.38 bits per heavy atom. The van der Waals surface area contributed by atoms with Crippen molar-refractivity contribution in [3.05, 3.63) is 23.9 Å². The number of aliphatic hydroxyl groups excluding tert-OH is 1. The molecule has 0 fully saturated rings. The number of halogens is 6. The first-order chi connectivity index (χ1) is 9.59. The summed E-state index contributed by atoms with van der Waals surface area (Å²) in [6.45, 7) is 0. The Morgan fingerprint density at radius 1 is 1.14 bits per heavy atom. The Kier molecular flexibility index (Phi) is 4.06. The van der Waals surface area contributed by atoms with Gasteiger partial charge in [-0.05, 0) is 12.1 Å². The van der Waals surface area contributed by atoms with Crippen LogP contribution in [0.5, 0.6) is 0 Å². The van der Waals surface area contributed by atoms with Gasteiger partial charge in [0, 0.05) is 11.9 Å². The van der Waals surface area contributed by atoms with E-state index in [9.17, 15) is 26.3 Å². The largest absolute Gasteiger partial charge is 0.417 e. The second-order valence-electron chi connectivity index (χ2n) is 3.99. The molecule has 2 aromatic heterocycles. The fourth-order valence-electron chi connectivity index (χ4n) is 1.38. The van der Waals surface area contributed by atoms with Crippen molar-refractivity contribution in [1.29, 1.82) is 0 Å². The third-order valence-corrected chi connectivity index (χ3v) is 3.47. The first kappa shape index (κ1) is 15.9. The van der Waals surface area contributed by atoms with Gasteiger partial charge in [0.05, 0.1) is 5.56 Å². The van der Waals surface area contributed by atoms with Crippen LogP contribution in [0.25, 0.3) is 5.65 Å². The SMILES string of the molecule is OC(CSc1nnc2ccc(C(F)(F)F)cn12)C(F)(F)F. The second-order valence-corrected chi connectivity index (χ2v) is 4.98. The Hall–Kier alpha value is -1.49. The lowest BCUT2D eigenvalue weighted by Crippen LogP contribution is -2.30. The number of alkyl halides is 6. The zero-order valence-corrected chi connectivity index (χ0v) is 10.8. The molecule has 0 saturated heterocycles. The van der Waals surface area contributed by atoms with Crippen molar-refractivity contribution in [2.75, 3.05) is 5.75 Å². The molecule has 1 N–H and O–H groups in total. The van der Waals surface area contributed by atoms with Crippen LogP contribution in [0.2, 0.25) is 0 Å². The summed E-state index contributed by atoms with van der Waals surface area (Å²) >= 11 is 0.463. The van der Waals surface area contributed by atoms with Crippen LogP contribution < -0.4 is 0 Å². The molecule has 0 bridgehead atoms. The van der Waals surface area contributed by atoms with Crippen LogP contribution in [0.3, 0.4) is 0 Å². The quantitative estimate of drug-likeness (QED) is 0.694. The molecule has 0 spiro atoms. The predicted octanol–water partition coefficient (Wildman–Crippen LogP) is 2.76. The van der Waals surface area contributed by atoms with Gasteiger partial charge < -0.3 is 5.11 Å². The molecule has 0 aromatic carbocycles. The molecule has 11 heteroatoms. The molecule has 2 rings (SSSR count). The maximum absolute atomic E-state index is 12.6. The number of fused-ring (bicyclic) bond motifs is 1. The second kappa shape index (κ2) is 5.37. The number of aliphatic hydroxyl groups is 1. The highest BCUT2D eigenvalue weighted by molar-refractivity contribution is 7.99. The fraction of sp³-hybridized carbons (Fsp3) is 0.400. The van der Waals surface area contributed by atoms with Gasteiger partial charge in [0.2, 0.25) is 0 Å². The van der Waals surface area contributed by atoms with Gasteiger partial charge in [0.25, 0.3) is 0 Å². The highest BCUT2D eigenvalue weighted by Gasteiger charge is 2.38. The fourth-order valence-corrected chi connectivity index (χ4v) is 2.26. The zero-order chi connectivity index (χ0) is 15.8. The van der Waals surface area contributed by atoms with Crippen LogP contribution in [0.1, 0.15) is 5.56 Å². The van der Waals surface area contributed by atoms with Crippen LogP contribution in [0.4, 0.5) is 26.3 Å².